The van der Waals surface area contributed by atoms with E-state index in [0.717, 1.165) is 66.9 Å². The summed E-state index contributed by atoms with van der Waals surface area (Å²) in [6.07, 6.45) is 5.05. The van der Waals surface area contributed by atoms with Gasteiger partial charge in [0.1, 0.15) is 5.75 Å². The number of carbonyl (C=O) groups is 2. The van der Waals surface area contributed by atoms with Gasteiger partial charge in [-0.2, -0.15) is 0 Å². The van der Waals surface area contributed by atoms with Gasteiger partial charge in [0.05, 0.1) is 13.2 Å². The number of Topliss-reactive ketones (excluding diaryl/α,β-unsaturated/α-hetero) is 1. The second-order valence-electron chi connectivity index (χ2n) is 9.46. The Morgan fingerprint density at radius 3 is 2.44 bits per heavy atom. The van der Waals surface area contributed by atoms with E-state index in [1.54, 1.807) is 19.2 Å². The molecule has 1 atom stereocenters. The Morgan fingerprint density at radius 2 is 1.71 bits per heavy atom. The van der Waals surface area contributed by atoms with Crippen LogP contribution in [0.15, 0.2) is 58.9 Å². The molecule has 3 aliphatic rings. The number of fused-ring (bicyclic) bond motifs is 1. The van der Waals surface area contributed by atoms with Crippen molar-refractivity contribution < 1.29 is 14.3 Å². The molecule has 0 unspecified atom stereocenters. The summed E-state index contributed by atoms with van der Waals surface area (Å²) in [4.78, 5) is 42.6. The monoisotopic (exact) mass is 458 g/mol. The maximum atomic E-state index is 13.2. The van der Waals surface area contributed by atoms with Crippen LogP contribution in [0.25, 0.3) is 6.08 Å². The van der Waals surface area contributed by atoms with Crippen LogP contribution in [0.1, 0.15) is 40.7 Å². The number of hydrogen-bond donors (Lipinski definition) is 0. The van der Waals surface area contributed by atoms with Crippen LogP contribution in [0.3, 0.4) is 0 Å². The van der Waals surface area contributed by atoms with Gasteiger partial charge in [-0.3, -0.25) is 19.3 Å². The second kappa shape index (κ2) is 9.55. The molecule has 176 valence electrons. The lowest BCUT2D eigenvalue weighted by molar-refractivity contribution is -0.132. The highest BCUT2D eigenvalue weighted by Gasteiger charge is 2.38. The summed E-state index contributed by atoms with van der Waals surface area (Å²) in [5.41, 5.74) is 3.70. The van der Waals surface area contributed by atoms with Crippen LogP contribution in [-0.4, -0.2) is 60.8 Å². The van der Waals surface area contributed by atoms with E-state index in [1.807, 2.05) is 41.3 Å². The molecule has 2 fully saturated rings. The van der Waals surface area contributed by atoms with E-state index in [9.17, 15) is 14.4 Å². The van der Waals surface area contributed by atoms with Gasteiger partial charge in [0, 0.05) is 30.1 Å². The summed E-state index contributed by atoms with van der Waals surface area (Å²) in [7, 11) is 1.62. The summed E-state index contributed by atoms with van der Waals surface area (Å²) in [6.45, 7) is 2.85. The number of hydrogen-bond acceptors (Lipinski definition) is 5. The molecule has 0 N–H and O–H groups in total. The molecule has 6 nitrogen and oxygen atoms in total. The zero-order valence-electron chi connectivity index (χ0n) is 19.5. The molecule has 1 aliphatic carbocycles. The van der Waals surface area contributed by atoms with Crippen molar-refractivity contribution in [2.45, 2.75) is 31.7 Å². The number of rotatable bonds is 6. The molecule has 2 aromatic rings. The van der Waals surface area contributed by atoms with Crippen molar-refractivity contribution in [3.05, 3.63) is 81.0 Å². The topological polar surface area (TPSA) is 66.9 Å². The predicted octanol–water partition coefficient (Wildman–Crippen LogP) is 3.19. The van der Waals surface area contributed by atoms with Crippen molar-refractivity contribution in [1.82, 2.24) is 9.80 Å². The van der Waals surface area contributed by atoms with E-state index in [0.29, 0.717) is 13.0 Å². The highest BCUT2D eigenvalue weighted by molar-refractivity contribution is 5.98. The van der Waals surface area contributed by atoms with Crippen LogP contribution in [0.2, 0.25) is 0 Å². The Balaban J connectivity index is 1.16. The first-order valence-electron chi connectivity index (χ1n) is 12.1. The number of carbonyl (C=O) groups excluding carboxylic acids is 2. The Labute approximate surface area is 199 Å². The van der Waals surface area contributed by atoms with Crippen molar-refractivity contribution in [3.63, 3.8) is 0 Å². The van der Waals surface area contributed by atoms with Gasteiger partial charge in [-0.1, -0.05) is 24.3 Å². The minimum absolute atomic E-state index is 0.00187. The minimum atomic E-state index is -0.103. The van der Waals surface area contributed by atoms with Crippen LogP contribution in [0.5, 0.6) is 5.75 Å². The van der Waals surface area contributed by atoms with Crippen molar-refractivity contribution in [2.75, 3.05) is 33.3 Å². The van der Waals surface area contributed by atoms with Crippen LogP contribution in [0, 0.1) is 5.92 Å². The molecular formula is C28H30N2O4. The first kappa shape index (κ1) is 22.5. The molecular weight excluding hydrogens is 428 g/mol. The summed E-state index contributed by atoms with van der Waals surface area (Å²) in [5.74, 6) is 1.10. The molecule has 5 rings (SSSR count). The quantitative estimate of drug-likeness (QED) is 0.622. The number of amides is 1. The molecule has 2 aliphatic heterocycles. The summed E-state index contributed by atoms with van der Waals surface area (Å²) >= 11 is 0. The zero-order valence-corrected chi connectivity index (χ0v) is 19.5. The highest BCUT2D eigenvalue weighted by Crippen LogP contribution is 2.29. The molecule has 0 aromatic heterocycles. The number of nitrogens with zero attached hydrogens (tertiary/aromatic N) is 2. The maximum absolute atomic E-state index is 13.2. The van der Waals surface area contributed by atoms with Crippen LogP contribution in [-0.2, 0) is 11.2 Å². The Morgan fingerprint density at radius 1 is 0.971 bits per heavy atom. The number of methoxy groups -OCH3 is 1. The van der Waals surface area contributed by atoms with Gasteiger partial charge >= 0.3 is 0 Å². The molecule has 0 radical (unpaired) electrons. The van der Waals surface area contributed by atoms with E-state index in [2.05, 4.69) is 11.0 Å². The summed E-state index contributed by atoms with van der Waals surface area (Å²) in [5, 5.41) is 0. The van der Waals surface area contributed by atoms with Gasteiger partial charge in [-0.25, -0.2) is 0 Å². The molecule has 2 saturated heterocycles. The third-order valence-corrected chi connectivity index (χ3v) is 7.42. The third-order valence-electron chi connectivity index (χ3n) is 7.42. The summed E-state index contributed by atoms with van der Waals surface area (Å²) in [6, 6.07) is 14.4. The van der Waals surface area contributed by atoms with Gasteiger partial charge in [0.25, 0.3) is 0 Å². The van der Waals surface area contributed by atoms with Crippen LogP contribution >= 0.6 is 0 Å². The molecule has 0 spiro atoms. The Hall–Kier alpha value is -3.25. The average molecular weight is 459 g/mol. The molecule has 6 heteroatoms. The lowest BCUT2D eigenvalue weighted by atomic mass is 9.88. The maximum Gasteiger partial charge on any atom is 0.240 e. The van der Waals surface area contributed by atoms with Crippen LogP contribution < -0.4 is 10.2 Å². The number of piperidine rings is 1. The van der Waals surface area contributed by atoms with Crippen molar-refractivity contribution in [3.8, 4) is 5.75 Å². The zero-order chi connectivity index (χ0) is 23.7. The van der Waals surface area contributed by atoms with E-state index >= 15 is 0 Å². The number of likely N-dealkylation sites (tertiary alicyclic amines) is 2. The molecule has 34 heavy (non-hydrogen) atoms. The van der Waals surface area contributed by atoms with Gasteiger partial charge in [-0.15, -0.1) is 0 Å². The molecule has 2 aromatic carbocycles. The molecule has 1 amide bonds. The van der Waals surface area contributed by atoms with Crippen molar-refractivity contribution in [2.24, 2.45) is 5.92 Å². The number of benzene rings is 1. The first-order valence-corrected chi connectivity index (χ1v) is 12.1. The van der Waals surface area contributed by atoms with Crippen LogP contribution in [0.4, 0.5) is 0 Å². The van der Waals surface area contributed by atoms with E-state index in [-0.39, 0.29) is 29.1 Å². The smallest absolute Gasteiger partial charge is 0.240 e. The fourth-order valence-electron chi connectivity index (χ4n) is 5.50. The highest BCUT2D eigenvalue weighted by atomic mass is 16.5. The molecule has 0 bridgehead atoms. The van der Waals surface area contributed by atoms with Crippen molar-refractivity contribution in [1.29, 1.82) is 0 Å². The predicted molar refractivity (Wildman–Crippen MR) is 131 cm³/mol. The normalized spacial score (nSPS) is 20.9. The lowest BCUT2D eigenvalue weighted by Crippen LogP contribution is -2.46. The minimum Gasteiger partial charge on any atom is -0.497 e. The SMILES string of the molecule is COc1ccc(C(=O)C2CCN([C@@H]3CCN(CC4=Cc5ccccc(=O)c5C4)C3=O)CC2)cc1. The fourth-order valence-corrected chi connectivity index (χ4v) is 5.50. The second-order valence-corrected chi connectivity index (χ2v) is 9.46. The van der Waals surface area contributed by atoms with Gasteiger partial charge in [-0.05, 0) is 80.2 Å². The Bertz CT molecular complexity index is 1180. The van der Waals surface area contributed by atoms with E-state index < -0.39 is 0 Å². The molecule has 2 heterocycles. The molecule has 0 saturated carbocycles. The number of ether oxygens (including phenoxy) is 1. The van der Waals surface area contributed by atoms with Gasteiger partial charge in [0.15, 0.2) is 11.2 Å². The fraction of sp³-hybridized carbons (Fsp3) is 0.393. The van der Waals surface area contributed by atoms with E-state index in [4.69, 9.17) is 4.74 Å². The summed E-state index contributed by atoms with van der Waals surface area (Å²) < 4.78 is 5.18. The Kier molecular flexibility index (Phi) is 6.33. The standard InChI is InChI=1S/C28H30N2O4/c1-34-23-8-6-20(7-9-23)27(32)21-10-13-29(14-11-21)25-12-15-30(28(25)33)18-19-16-22-4-2-3-5-26(31)24(22)17-19/h2-9,16,21,25H,10-15,17-18H2,1H3/t25-/m1/s1. The van der Waals surface area contributed by atoms with Gasteiger partial charge < -0.3 is 9.64 Å². The third kappa shape index (κ3) is 4.42. The largest absolute Gasteiger partial charge is 0.497 e. The average Bonchev–Trinajstić information content (AvgIpc) is 3.39. The van der Waals surface area contributed by atoms with Crippen molar-refractivity contribution >= 4 is 17.8 Å². The lowest BCUT2D eigenvalue weighted by Gasteiger charge is -2.34. The number of ketones is 1. The van der Waals surface area contributed by atoms with E-state index in [1.165, 1.54) is 0 Å². The van der Waals surface area contributed by atoms with Gasteiger partial charge in [0.2, 0.25) is 5.91 Å². The first-order chi connectivity index (χ1) is 16.5.